The molecule has 0 saturated heterocycles. The van der Waals surface area contributed by atoms with Crippen LogP contribution in [-0.2, 0) is 4.79 Å². The molecular formula is C21H25N7O. The second-order valence-electron chi connectivity index (χ2n) is 6.40. The number of hydrogen-bond acceptors (Lipinski definition) is 7. The molecule has 150 valence electrons. The van der Waals surface area contributed by atoms with Gasteiger partial charge in [0.1, 0.15) is 0 Å². The fourth-order valence-electron chi connectivity index (χ4n) is 2.92. The van der Waals surface area contributed by atoms with Crippen LogP contribution in [0.25, 0.3) is 0 Å². The van der Waals surface area contributed by atoms with Crippen molar-refractivity contribution in [2.24, 2.45) is 0 Å². The predicted octanol–water partition coefficient (Wildman–Crippen LogP) is 4.16. The van der Waals surface area contributed by atoms with Crippen LogP contribution < -0.4 is 20.9 Å². The molecule has 29 heavy (non-hydrogen) atoms. The van der Waals surface area contributed by atoms with Gasteiger partial charge < -0.3 is 20.9 Å². The maximum absolute atomic E-state index is 11.2. The Morgan fingerprint density at radius 3 is 2.38 bits per heavy atom. The zero-order valence-corrected chi connectivity index (χ0v) is 16.8. The number of carbonyl (C=O) groups is 1. The van der Waals surface area contributed by atoms with Crippen molar-refractivity contribution in [2.75, 3.05) is 33.9 Å². The van der Waals surface area contributed by atoms with Crippen molar-refractivity contribution in [2.45, 2.75) is 20.8 Å². The van der Waals surface area contributed by atoms with E-state index in [1.54, 1.807) is 6.20 Å². The number of nitrogens with one attached hydrogen (secondary N) is 3. The van der Waals surface area contributed by atoms with Crippen molar-refractivity contribution in [1.29, 1.82) is 0 Å². The Hall–Kier alpha value is -3.68. The van der Waals surface area contributed by atoms with Crippen LogP contribution in [0.15, 0.2) is 54.7 Å². The molecule has 0 radical (unpaired) electrons. The van der Waals surface area contributed by atoms with Gasteiger partial charge in [0.05, 0.1) is 6.20 Å². The highest BCUT2D eigenvalue weighted by Gasteiger charge is 2.05. The molecule has 0 aliphatic rings. The van der Waals surface area contributed by atoms with E-state index in [0.29, 0.717) is 17.5 Å². The summed E-state index contributed by atoms with van der Waals surface area (Å²) in [5.74, 6) is 0.815. The summed E-state index contributed by atoms with van der Waals surface area (Å²) in [7, 11) is 0. The molecule has 1 heterocycles. The fraction of sp³-hybridized carbons (Fsp3) is 0.238. The molecule has 0 bridgehead atoms. The summed E-state index contributed by atoms with van der Waals surface area (Å²) in [4.78, 5) is 17.9. The normalized spacial score (nSPS) is 10.3. The lowest BCUT2D eigenvalue weighted by Crippen LogP contribution is -2.21. The van der Waals surface area contributed by atoms with E-state index in [1.165, 1.54) is 12.6 Å². The number of nitrogens with zero attached hydrogens (tertiary/aromatic N) is 4. The van der Waals surface area contributed by atoms with E-state index in [4.69, 9.17) is 0 Å². The van der Waals surface area contributed by atoms with Crippen molar-refractivity contribution >= 4 is 40.4 Å². The average Bonchev–Trinajstić information content (AvgIpc) is 2.70. The minimum Gasteiger partial charge on any atom is -0.372 e. The average molecular weight is 391 g/mol. The third kappa shape index (κ3) is 5.65. The van der Waals surface area contributed by atoms with E-state index in [9.17, 15) is 4.79 Å². The highest BCUT2D eigenvalue weighted by molar-refractivity contribution is 5.89. The molecule has 3 aromatic rings. The number of hydrogen-bond donors (Lipinski definition) is 3. The van der Waals surface area contributed by atoms with Gasteiger partial charge in [0.2, 0.25) is 11.9 Å². The fourth-order valence-corrected chi connectivity index (χ4v) is 2.92. The van der Waals surface area contributed by atoms with Crippen molar-refractivity contribution < 1.29 is 4.79 Å². The quantitative estimate of drug-likeness (QED) is 0.530. The monoisotopic (exact) mass is 391 g/mol. The third-order valence-corrected chi connectivity index (χ3v) is 4.27. The zero-order chi connectivity index (χ0) is 20.6. The summed E-state index contributed by atoms with van der Waals surface area (Å²) in [6.07, 6.45) is 1.54. The van der Waals surface area contributed by atoms with Gasteiger partial charge in [-0.25, -0.2) is 0 Å². The molecular weight excluding hydrogens is 366 g/mol. The Labute approximate surface area is 170 Å². The van der Waals surface area contributed by atoms with Crippen LogP contribution in [-0.4, -0.2) is 34.2 Å². The molecule has 3 rings (SSSR count). The number of amides is 1. The van der Waals surface area contributed by atoms with E-state index in [2.05, 4.69) is 62.0 Å². The first-order chi connectivity index (χ1) is 14.1. The molecule has 0 saturated carbocycles. The van der Waals surface area contributed by atoms with Gasteiger partial charge in [-0.3, -0.25) is 4.79 Å². The highest BCUT2D eigenvalue weighted by Crippen LogP contribution is 2.21. The van der Waals surface area contributed by atoms with Crippen LogP contribution in [0.4, 0.5) is 34.5 Å². The van der Waals surface area contributed by atoms with Gasteiger partial charge in [0, 0.05) is 42.8 Å². The maximum atomic E-state index is 11.2. The Morgan fingerprint density at radius 1 is 0.966 bits per heavy atom. The first-order valence-electron chi connectivity index (χ1n) is 9.53. The highest BCUT2D eigenvalue weighted by atomic mass is 16.1. The molecule has 0 unspecified atom stereocenters. The van der Waals surface area contributed by atoms with E-state index in [0.717, 1.165) is 24.5 Å². The van der Waals surface area contributed by atoms with Gasteiger partial charge in [-0.1, -0.05) is 6.07 Å². The van der Waals surface area contributed by atoms with Gasteiger partial charge >= 0.3 is 0 Å². The lowest BCUT2D eigenvalue weighted by atomic mass is 10.2. The Kier molecular flexibility index (Phi) is 6.57. The molecule has 8 heteroatoms. The summed E-state index contributed by atoms with van der Waals surface area (Å²) in [6, 6.07) is 15.5. The summed E-state index contributed by atoms with van der Waals surface area (Å²) in [5.41, 5.74) is 3.55. The van der Waals surface area contributed by atoms with Crippen molar-refractivity contribution in [3.63, 3.8) is 0 Å². The van der Waals surface area contributed by atoms with Crippen LogP contribution in [0.1, 0.15) is 20.8 Å². The van der Waals surface area contributed by atoms with Gasteiger partial charge in [-0.2, -0.15) is 10.1 Å². The molecule has 0 aliphatic heterocycles. The largest absolute Gasteiger partial charge is 0.372 e. The molecule has 8 nitrogen and oxygen atoms in total. The van der Waals surface area contributed by atoms with Crippen molar-refractivity contribution in [1.82, 2.24) is 15.2 Å². The van der Waals surface area contributed by atoms with E-state index in [-0.39, 0.29) is 5.91 Å². The molecule has 0 spiro atoms. The van der Waals surface area contributed by atoms with Gasteiger partial charge in [-0.05, 0) is 56.3 Å². The number of aromatic nitrogens is 3. The minimum atomic E-state index is -0.121. The van der Waals surface area contributed by atoms with Crippen molar-refractivity contribution in [3.8, 4) is 0 Å². The molecule has 1 aromatic heterocycles. The number of benzene rings is 2. The second-order valence-corrected chi connectivity index (χ2v) is 6.40. The summed E-state index contributed by atoms with van der Waals surface area (Å²) in [6.45, 7) is 7.68. The topological polar surface area (TPSA) is 95.1 Å². The molecule has 0 aliphatic carbocycles. The second kappa shape index (κ2) is 9.50. The molecule has 2 aromatic carbocycles. The predicted molar refractivity (Wildman–Crippen MR) is 117 cm³/mol. The first-order valence-corrected chi connectivity index (χ1v) is 9.53. The first kappa shape index (κ1) is 20.1. The molecule has 0 atom stereocenters. The number of rotatable bonds is 8. The lowest BCUT2D eigenvalue weighted by molar-refractivity contribution is -0.114. The van der Waals surface area contributed by atoms with Gasteiger partial charge in [0.25, 0.3) is 0 Å². The standard InChI is InChI=1S/C21H25N7O/c1-4-28(5-2)19-11-9-16(10-12-19)25-21-26-20(14-22-27-21)24-18-8-6-7-17(13-18)23-15(3)29/h6-14H,4-5H2,1-3H3,(H,23,29)(H2,24,25,26,27). The Bertz CT molecular complexity index is 955. The Morgan fingerprint density at radius 2 is 1.69 bits per heavy atom. The van der Waals surface area contributed by atoms with Crippen LogP contribution in [0.3, 0.4) is 0 Å². The minimum absolute atomic E-state index is 0.121. The number of anilines is 6. The third-order valence-electron chi connectivity index (χ3n) is 4.27. The van der Waals surface area contributed by atoms with Crippen molar-refractivity contribution in [3.05, 3.63) is 54.7 Å². The van der Waals surface area contributed by atoms with Crippen LogP contribution in [0.2, 0.25) is 0 Å². The maximum Gasteiger partial charge on any atom is 0.249 e. The SMILES string of the molecule is CCN(CC)c1ccc(Nc2nncc(Nc3cccc(NC(C)=O)c3)n2)cc1. The molecule has 0 fully saturated rings. The van der Waals surface area contributed by atoms with Gasteiger partial charge in [-0.15, -0.1) is 5.10 Å². The van der Waals surface area contributed by atoms with E-state index >= 15 is 0 Å². The lowest BCUT2D eigenvalue weighted by Gasteiger charge is -2.21. The molecule has 1 amide bonds. The van der Waals surface area contributed by atoms with E-state index < -0.39 is 0 Å². The van der Waals surface area contributed by atoms with Crippen LogP contribution in [0.5, 0.6) is 0 Å². The zero-order valence-electron chi connectivity index (χ0n) is 16.8. The summed E-state index contributed by atoms with van der Waals surface area (Å²) in [5, 5.41) is 17.1. The number of carbonyl (C=O) groups excluding carboxylic acids is 1. The Balaban J connectivity index is 1.69. The summed E-state index contributed by atoms with van der Waals surface area (Å²) >= 11 is 0. The smallest absolute Gasteiger partial charge is 0.249 e. The van der Waals surface area contributed by atoms with Crippen LogP contribution >= 0.6 is 0 Å². The summed E-state index contributed by atoms with van der Waals surface area (Å²) < 4.78 is 0. The van der Waals surface area contributed by atoms with Gasteiger partial charge in [0.15, 0.2) is 5.82 Å². The molecule has 3 N–H and O–H groups in total. The van der Waals surface area contributed by atoms with Crippen LogP contribution in [0, 0.1) is 0 Å². The van der Waals surface area contributed by atoms with E-state index in [1.807, 2.05) is 36.4 Å².